The van der Waals surface area contributed by atoms with Crippen LogP contribution in [0.25, 0.3) is 21.7 Å². The van der Waals surface area contributed by atoms with Gasteiger partial charge in [-0.2, -0.15) is 0 Å². The van der Waals surface area contributed by atoms with Crippen molar-refractivity contribution in [3.8, 4) is 33.3 Å². The van der Waals surface area contributed by atoms with Gasteiger partial charge in [0.1, 0.15) is 24.3 Å². The molecule has 16 nitrogen and oxygen atoms in total. The molecular weight excluding hydrogens is 857 g/mol. The molecule has 0 bridgehead atoms. The maximum absolute atomic E-state index is 14.2. The molecule has 9 rings (SSSR count). The summed E-state index contributed by atoms with van der Waals surface area (Å²) in [6, 6.07) is 17.9. The number of aliphatic hydroxyl groups excluding tert-OH is 1. The first-order valence-corrected chi connectivity index (χ1v) is 24.0. The maximum atomic E-state index is 14.2. The average molecular weight is 917 g/mol. The van der Waals surface area contributed by atoms with Crippen LogP contribution in [-0.2, 0) is 9.59 Å². The number of carbonyl (C=O) groups is 2. The van der Waals surface area contributed by atoms with Crippen molar-refractivity contribution in [1.82, 2.24) is 40.4 Å². The van der Waals surface area contributed by atoms with Crippen LogP contribution in [0.15, 0.2) is 82.1 Å². The standard InChI is InChI=1S/C49H60N10O6S/c1-29(2)45(49(63)59-27-36(60)22-40(59)48(62)52-30(3)34-10-12-35(13-11-34)46-31(4)51-28-66-46)43-24-44(55-65-43)64-21-20-56-16-14-33(15-17-56)26-57-18-19-58-39-23-38(37-8-6-7-9-42(37)61)53-54-47(39)50-25-41(58)32(57)5/h6-13,23-24,28-30,33,36,40,45,60-61H,14-22,25-27H2,1-5H3,(H,50,54)(H,52,62)/t30-,36+,40-,45+/m0/s1. The molecule has 5 aromatic rings. The molecule has 4 aliphatic heterocycles. The third-order valence-electron chi connectivity index (χ3n) is 13.7. The average Bonchev–Trinajstić information content (AvgIpc) is 4.07. The molecule has 0 unspecified atom stereocenters. The highest BCUT2D eigenvalue weighted by Crippen LogP contribution is 2.39. The lowest BCUT2D eigenvalue weighted by molar-refractivity contribution is -0.141. The molecule has 0 radical (unpaired) electrons. The van der Waals surface area contributed by atoms with Crippen molar-refractivity contribution in [2.45, 2.75) is 78.0 Å². The summed E-state index contributed by atoms with van der Waals surface area (Å²) < 4.78 is 11.8. The molecular formula is C49H60N10O6S. The van der Waals surface area contributed by atoms with Crippen molar-refractivity contribution in [2.24, 2.45) is 11.8 Å². The number of benzene rings is 2. The Morgan fingerprint density at radius 1 is 1.02 bits per heavy atom. The summed E-state index contributed by atoms with van der Waals surface area (Å²) in [7, 11) is 0. The monoisotopic (exact) mass is 916 g/mol. The van der Waals surface area contributed by atoms with E-state index in [0.29, 0.717) is 42.0 Å². The van der Waals surface area contributed by atoms with Crippen LogP contribution in [-0.4, -0.2) is 128 Å². The van der Waals surface area contributed by atoms with Gasteiger partial charge in [0, 0.05) is 56.5 Å². The largest absolute Gasteiger partial charge is 0.507 e. The van der Waals surface area contributed by atoms with Gasteiger partial charge in [-0.05, 0) is 93.0 Å². The van der Waals surface area contributed by atoms with Gasteiger partial charge in [0.05, 0.1) is 51.9 Å². The lowest BCUT2D eigenvalue weighted by atomic mass is 9.91. The van der Waals surface area contributed by atoms with Crippen LogP contribution >= 0.6 is 11.3 Å². The Morgan fingerprint density at radius 2 is 1.80 bits per heavy atom. The quantitative estimate of drug-likeness (QED) is 0.0957. The molecule has 2 amide bonds. The maximum Gasteiger partial charge on any atom is 0.254 e. The zero-order valence-corrected chi connectivity index (χ0v) is 39.1. The van der Waals surface area contributed by atoms with Crippen molar-refractivity contribution in [1.29, 1.82) is 0 Å². The number of hydrogen-bond acceptors (Lipinski definition) is 15. The fourth-order valence-electron chi connectivity index (χ4n) is 9.91. The van der Waals surface area contributed by atoms with Crippen LogP contribution in [0.4, 0.5) is 11.5 Å². The molecule has 3 aromatic heterocycles. The Bertz CT molecular complexity index is 2550. The number of amides is 2. The summed E-state index contributed by atoms with van der Waals surface area (Å²) in [4.78, 5) is 42.2. The number of para-hydroxylation sites is 1. The van der Waals surface area contributed by atoms with E-state index in [-0.39, 0.29) is 42.5 Å². The number of fused-ring (bicyclic) bond motifs is 3. The number of aromatic hydroxyl groups is 1. The van der Waals surface area contributed by atoms with Crippen molar-refractivity contribution in [3.63, 3.8) is 0 Å². The van der Waals surface area contributed by atoms with Gasteiger partial charge in [0.2, 0.25) is 11.8 Å². The Morgan fingerprint density at radius 3 is 2.55 bits per heavy atom. The van der Waals surface area contributed by atoms with Gasteiger partial charge in [-0.1, -0.05) is 50.2 Å². The second-order valence-corrected chi connectivity index (χ2v) is 19.3. The van der Waals surface area contributed by atoms with Crippen LogP contribution in [0, 0.1) is 18.8 Å². The molecule has 4 atom stereocenters. The third kappa shape index (κ3) is 9.46. The Hall–Kier alpha value is -6.04. The van der Waals surface area contributed by atoms with Gasteiger partial charge >= 0.3 is 0 Å². The van der Waals surface area contributed by atoms with E-state index in [1.54, 1.807) is 29.5 Å². The number of carbonyl (C=O) groups excluding carboxylic acids is 2. The van der Waals surface area contributed by atoms with Crippen LogP contribution < -0.4 is 20.3 Å². The van der Waals surface area contributed by atoms with Crippen molar-refractivity contribution < 1.29 is 29.1 Å². The molecule has 2 aromatic carbocycles. The first kappa shape index (κ1) is 45.1. The number of likely N-dealkylation sites (tertiary alicyclic amines) is 2. The second-order valence-electron chi connectivity index (χ2n) is 18.4. The van der Waals surface area contributed by atoms with Gasteiger partial charge in [-0.15, -0.1) is 21.5 Å². The van der Waals surface area contributed by atoms with Crippen LogP contribution in [0.2, 0.25) is 0 Å². The second kappa shape index (κ2) is 19.4. The highest BCUT2D eigenvalue weighted by Gasteiger charge is 2.44. The minimum absolute atomic E-state index is 0.0612. The number of allylic oxidation sites excluding steroid dienone is 1. The molecule has 66 heavy (non-hydrogen) atoms. The van der Waals surface area contributed by atoms with Gasteiger partial charge in [-0.25, -0.2) is 4.98 Å². The summed E-state index contributed by atoms with van der Waals surface area (Å²) in [5.41, 5.74) is 9.64. The number of nitrogens with one attached hydrogen (secondary N) is 2. The summed E-state index contributed by atoms with van der Waals surface area (Å²) in [5, 5.41) is 40.7. The van der Waals surface area contributed by atoms with E-state index in [2.05, 4.69) is 52.6 Å². The lowest BCUT2D eigenvalue weighted by Crippen LogP contribution is -2.48. The lowest BCUT2D eigenvalue weighted by Gasteiger charge is -2.44. The smallest absolute Gasteiger partial charge is 0.254 e. The Balaban J connectivity index is 0.745. The molecule has 0 aliphatic carbocycles. The van der Waals surface area contributed by atoms with E-state index in [9.17, 15) is 19.8 Å². The number of aliphatic hydroxyl groups is 1. The van der Waals surface area contributed by atoms with Gasteiger partial charge in [0.15, 0.2) is 11.6 Å². The van der Waals surface area contributed by atoms with E-state index in [4.69, 9.17) is 9.26 Å². The number of piperidine rings is 1. The van der Waals surface area contributed by atoms with E-state index in [0.717, 1.165) is 85.3 Å². The fraction of sp³-hybridized carbons (Fsp3) is 0.469. The molecule has 7 heterocycles. The highest BCUT2D eigenvalue weighted by molar-refractivity contribution is 7.13. The van der Waals surface area contributed by atoms with Crippen molar-refractivity contribution in [2.75, 3.05) is 69.2 Å². The summed E-state index contributed by atoms with van der Waals surface area (Å²) in [5.74, 6) is 0.761. The third-order valence-corrected chi connectivity index (χ3v) is 14.7. The number of ether oxygens (including phenoxy) is 1. The minimum Gasteiger partial charge on any atom is -0.507 e. The predicted molar refractivity (Wildman–Crippen MR) is 253 cm³/mol. The Kier molecular flexibility index (Phi) is 13.3. The van der Waals surface area contributed by atoms with E-state index >= 15 is 0 Å². The Labute approximate surface area is 389 Å². The number of β-amino-alcohol motifs (C(OH)–C–C–N with tert-alkyl or cyclic N) is 1. The highest BCUT2D eigenvalue weighted by atomic mass is 32.1. The minimum atomic E-state index is -0.820. The molecule has 4 aliphatic rings. The van der Waals surface area contributed by atoms with E-state index in [1.165, 1.54) is 16.3 Å². The van der Waals surface area contributed by atoms with Gasteiger partial charge in [0.25, 0.3) is 5.88 Å². The fourth-order valence-corrected chi connectivity index (χ4v) is 10.7. The molecule has 17 heteroatoms. The number of hydrogen-bond donors (Lipinski definition) is 4. The number of anilines is 2. The summed E-state index contributed by atoms with van der Waals surface area (Å²) in [6.07, 6.45) is 1.53. The van der Waals surface area contributed by atoms with Crippen molar-refractivity contribution in [3.05, 3.63) is 94.6 Å². The first-order valence-electron chi connectivity index (χ1n) is 23.1. The van der Waals surface area contributed by atoms with E-state index in [1.807, 2.05) is 75.7 Å². The molecule has 348 valence electrons. The van der Waals surface area contributed by atoms with Gasteiger partial charge < -0.3 is 44.8 Å². The number of nitrogens with zero attached hydrogens (tertiary/aromatic N) is 8. The number of phenolic OH excluding ortho intramolecular Hbond substituents is 1. The van der Waals surface area contributed by atoms with E-state index < -0.39 is 18.1 Å². The molecule has 0 spiro atoms. The van der Waals surface area contributed by atoms with Crippen molar-refractivity contribution >= 4 is 34.7 Å². The first-order chi connectivity index (χ1) is 31.9. The SMILES string of the molecule is CC1=C2CNc3nnc(-c4ccccc4O)cc3N2CCN1CC1CCN(CCOc2cc([C@H](C(=O)N3C[C@H](O)C[C@H]3C(=O)N[C@@H](C)c3ccc(-c4scnc4C)cc3)C(C)C)on2)CC1. The van der Waals surface area contributed by atoms with Crippen LogP contribution in [0.5, 0.6) is 11.6 Å². The number of rotatable bonds is 14. The molecule has 0 saturated carbocycles. The number of thiazole rings is 1. The normalized spacial score (nSPS) is 20.0. The topological polar surface area (TPSA) is 186 Å². The summed E-state index contributed by atoms with van der Waals surface area (Å²) in [6.45, 7) is 16.7. The molecule has 4 N–H and O–H groups in total. The zero-order chi connectivity index (χ0) is 46.1. The van der Waals surface area contributed by atoms with Gasteiger partial charge in [-0.3, -0.25) is 14.5 Å². The van der Waals surface area contributed by atoms with Crippen LogP contribution in [0.3, 0.4) is 0 Å². The summed E-state index contributed by atoms with van der Waals surface area (Å²) >= 11 is 1.59. The molecule has 2 saturated heterocycles. The number of aryl methyl sites for hydroxylation is 1. The zero-order valence-electron chi connectivity index (χ0n) is 38.3. The van der Waals surface area contributed by atoms with Crippen LogP contribution in [0.1, 0.15) is 75.9 Å². The number of aromatic nitrogens is 4. The predicted octanol–water partition coefficient (Wildman–Crippen LogP) is 6.42. The molecule has 2 fully saturated rings. The number of phenols is 1.